The van der Waals surface area contributed by atoms with Gasteiger partial charge in [-0.1, -0.05) is 0 Å². The van der Waals surface area contributed by atoms with E-state index in [0.717, 1.165) is 0 Å². The van der Waals surface area contributed by atoms with Crippen molar-refractivity contribution >= 4 is 28.4 Å². The fraction of sp³-hybridized carbons (Fsp3) is 0.375. The lowest BCUT2D eigenvalue weighted by atomic mass is 10.4. The Morgan fingerprint density at radius 1 is 1.69 bits per heavy atom. The molecule has 0 bridgehead atoms. The summed E-state index contributed by atoms with van der Waals surface area (Å²) < 4.78 is 1.91. The summed E-state index contributed by atoms with van der Waals surface area (Å²) in [6.45, 7) is 3.26. The van der Waals surface area contributed by atoms with Crippen LogP contribution < -0.4 is 5.56 Å². The quantitative estimate of drug-likeness (QED) is 0.756. The number of aryl methyl sites for hydroxylation is 1. The topological polar surface area (TPSA) is 52.0 Å². The van der Waals surface area contributed by atoms with E-state index in [9.17, 15) is 9.59 Å². The van der Waals surface area contributed by atoms with E-state index in [2.05, 4.69) is 4.98 Å². The molecule has 0 amide bonds. The number of carbonyl (C=O) groups excluding carboxylic acids is 1. The molecule has 1 rings (SSSR count). The smallest absolute Gasteiger partial charge is 0.267 e. The van der Waals surface area contributed by atoms with Gasteiger partial charge in [-0.25, -0.2) is 4.98 Å². The average Bonchev–Trinajstić information content (AvgIpc) is 2.05. The van der Waals surface area contributed by atoms with Crippen LogP contribution in [0.5, 0.6) is 0 Å². The van der Waals surface area contributed by atoms with Gasteiger partial charge in [-0.2, -0.15) is 0 Å². The lowest BCUT2D eigenvalue weighted by Crippen LogP contribution is -2.27. The van der Waals surface area contributed by atoms with E-state index < -0.39 is 0 Å². The Balaban J connectivity index is 3.26. The second-order valence-corrected chi connectivity index (χ2v) is 3.91. The lowest BCUT2D eigenvalue weighted by Gasteiger charge is -2.06. The number of ketones is 1. The van der Waals surface area contributed by atoms with Gasteiger partial charge in [-0.15, -0.1) is 0 Å². The number of rotatable bonds is 2. The maximum absolute atomic E-state index is 11.5. The van der Waals surface area contributed by atoms with Crippen molar-refractivity contribution in [1.82, 2.24) is 9.55 Å². The zero-order valence-corrected chi connectivity index (χ0v) is 9.53. The van der Waals surface area contributed by atoms with Gasteiger partial charge in [0.25, 0.3) is 5.56 Å². The zero-order chi connectivity index (χ0) is 10.0. The second-order valence-electron chi connectivity index (χ2n) is 2.75. The minimum Gasteiger partial charge on any atom is -0.298 e. The monoisotopic (exact) mass is 292 g/mol. The van der Waals surface area contributed by atoms with Crippen molar-refractivity contribution in [3.05, 3.63) is 25.9 Å². The molecule has 0 aromatic carbocycles. The van der Waals surface area contributed by atoms with Crippen molar-refractivity contribution in [2.45, 2.75) is 20.4 Å². The molecule has 70 valence electrons. The van der Waals surface area contributed by atoms with Gasteiger partial charge in [0, 0.05) is 6.20 Å². The maximum Gasteiger partial charge on any atom is 0.267 e. The number of Topliss-reactive ketones (excluding diaryl/α,β-unsaturated/α-hetero) is 1. The van der Waals surface area contributed by atoms with Crippen LogP contribution in [0, 0.1) is 10.5 Å². The van der Waals surface area contributed by atoms with Gasteiger partial charge in [0.15, 0.2) is 0 Å². The Morgan fingerprint density at radius 3 is 2.85 bits per heavy atom. The summed E-state index contributed by atoms with van der Waals surface area (Å²) in [4.78, 5) is 26.3. The van der Waals surface area contributed by atoms with Gasteiger partial charge in [0.05, 0.1) is 10.1 Å². The van der Waals surface area contributed by atoms with Gasteiger partial charge in [-0.3, -0.25) is 14.2 Å². The largest absolute Gasteiger partial charge is 0.298 e. The fourth-order valence-corrected chi connectivity index (χ4v) is 1.39. The molecule has 13 heavy (non-hydrogen) atoms. The molecule has 0 aliphatic rings. The van der Waals surface area contributed by atoms with Gasteiger partial charge < -0.3 is 0 Å². The molecule has 0 aliphatic heterocycles. The van der Waals surface area contributed by atoms with Crippen molar-refractivity contribution in [2.24, 2.45) is 0 Å². The van der Waals surface area contributed by atoms with E-state index in [-0.39, 0.29) is 17.9 Å². The van der Waals surface area contributed by atoms with Crippen molar-refractivity contribution in [3.8, 4) is 0 Å². The molecule has 4 nitrogen and oxygen atoms in total. The predicted octanol–water partition coefficient (Wildman–Crippen LogP) is 0.745. The van der Waals surface area contributed by atoms with E-state index in [1.807, 2.05) is 22.6 Å². The third-order valence-electron chi connectivity index (χ3n) is 1.59. The lowest BCUT2D eigenvalue weighted by molar-refractivity contribution is -0.117. The Labute approximate surface area is 89.1 Å². The van der Waals surface area contributed by atoms with Crippen molar-refractivity contribution < 1.29 is 4.79 Å². The highest BCUT2D eigenvalue weighted by atomic mass is 127. The molecule has 1 heterocycles. The molecule has 0 fully saturated rings. The highest BCUT2D eigenvalue weighted by Gasteiger charge is 2.06. The highest BCUT2D eigenvalue weighted by molar-refractivity contribution is 14.1. The van der Waals surface area contributed by atoms with Crippen molar-refractivity contribution in [3.63, 3.8) is 0 Å². The molecule has 0 saturated heterocycles. The molecule has 1 aromatic heterocycles. The summed E-state index contributed by atoms with van der Waals surface area (Å²) >= 11 is 1.91. The number of nitrogens with zero attached hydrogens (tertiary/aromatic N) is 2. The highest BCUT2D eigenvalue weighted by Crippen LogP contribution is 1.97. The molecule has 0 aliphatic carbocycles. The first-order valence-corrected chi connectivity index (χ1v) is 4.81. The molecule has 1 aromatic rings. The molecular weight excluding hydrogens is 283 g/mol. The van der Waals surface area contributed by atoms with Gasteiger partial charge in [0.1, 0.15) is 11.6 Å². The average molecular weight is 292 g/mol. The minimum atomic E-state index is -0.150. The Morgan fingerprint density at radius 2 is 2.31 bits per heavy atom. The summed E-state index contributed by atoms with van der Waals surface area (Å²) in [7, 11) is 0. The van der Waals surface area contributed by atoms with Crippen LogP contribution >= 0.6 is 22.6 Å². The zero-order valence-electron chi connectivity index (χ0n) is 7.37. The van der Waals surface area contributed by atoms with E-state index in [4.69, 9.17) is 0 Å². The summed E-state index contributed by atoms with van der Waals surface area (Å²) in [6, 6.07) is 0. The number of halogens is 1. The third kappa shape index (κ3) is 2.36. The van der Waals surface area contributed by atoms with Gasteiger partial charge in [-0.05, 0) is 36.4 Å². The Bertz CT molecular complexity index is 398. The van der Waals surface area contributed by atoms with Gasteiger partial charge in [0.2, 0.25) is 0 Å². The SMILES string of the molecule is CC(=O)Cn1c(C)ncc(I)c1=O. The van der Waals surface area contributed by atoms with Gasteiger partial charge >= 0.3 is 0 Å². The van der Waals surface area contributed by atoms with Crippen molar-refractivity contribution in [1.29, 1.82) is 0 Å². The van der Waals surface area contributed by atoms with Crippen LogP contribution in [0.4, 0.5) is 0 Å². The summed E-state index contributed by atoms with van der Waals surface area (Å²) in [5.41, 5.74) is -0.150. The fourth-order valence-electron chi connectivity index (χ4n) is 0.960. The first-order valence-electron chi connectivity index (χ1n) is 3.73. The number of aromatic nitrogens is 2. The molecule has 5 heteroatoms. The molecule has 0 radical (unpaired) electrons. The normalized spacial score (nSPS) is 10.1. The summed E-state index contributed by atoms with van der Waals surface area (Å²) in [6.07, 6.45) is 1.51. The first-order chi connectivity index (χ1) is 6.02. The third-order valence-corrected chi connectivity index (χ3v) is 2.33. The predicted molar refractivity (Wildman–Crippen MR) is 56.6 cm³/mol. The number of hydrogen-bond acceptors (Lipinski definition) is 3. The van der Waals surface area contributed by atoms with E-state index >= 15 is 0 Å². The molecule has 0 N–H and O–H groups in total. The van der Waals surface area contributed by atoms with Crippen LogP contribution in [0.25, 0.3) is 0 Å². The molecule has 0 saturated carbocycles. The summed E-state index contributed by atoms with van der Waals surface area (Å²) in [5.74, 6) is 0.523. The number of hydrogen-bond donors (Lipinski definition) is 0. The Kier molecular flexibility index (Phi) is 3.18. The first kappa shape index (κ1) is 10.4. The van der Waals surface area contributed by atoms with E-state index in [1.165, 1.54) is 17.7 Å². The number of carbonyl (C=O) groups is 1. The molecule has 0 unspecified atom stereocenters. The Hall–Kier alpha value is -0.720. The molecular formula is C8H9IN2O2. The van der Waals surface area contributed by atoms with E-state index in [1.54, 1.807) is 6.92 Å². The van der Waals surface area contributed by atoms with Crippen LogP contribution in [-0.4, -0.2) is 15.3 Å². The van der Waals surface area contributed by atoms with Crippen LogP contribution in [0.2, 0.25) is 0 Å². The van der Waals surface area contributed by atoms with Crippen LogP contribution in [0.15, 0.2) is 11.0 Å². The summed E-state index contributed by atoms with van der Waals surface area (Å²) in [5, 5.41) is 0. The van der Waals surface area contributed by atoms with Crippen LogP contribution in [0.3, 0.4) is 0 Å². The molecule has 0 atom stereocenters. The minimum absolute atomic E-state index is 0.0472. The maximum atomic E-state index is 11.5. The second kappa shape index (κ2) is 3.99. The van der Waals surface area contributed by atoms with Crippen LogP contribution in [0.1, 0.15) is 12.7 Å². The van der Waals surface area contributed by atoms with E-state index in [0.29, 0.717) is 9.39 Å². The van der Waals surface area contributed by atoms with Crippen LogP contribution in [-0.2, 0) is 11.3 Å². The van der Waals surface area contributed by atoms with Crippen molar-refractivity contribution in [2.75, 3.05) is 0 Å². The standard InChI is InChI=1S/C8H9IN2O2/c1-5(12)4-11-6(2)10-3-7(9)8(11)13/h3H,4H2,1-2H3. The molecule has 0 spiro atoms.